The van der Waals surface area contributed by atoms with Crippen LogP contribution in [0.2, 0.25) is 0 Å². The van der Waals surface area contributed by atoms with Crippen molar-refractivity contribution in [1.29, 1.82) is 0 Å². The summed E-state index contributed by atoms with van der Waals surface area (Å²) in [6.07, 6.45) is 10.1. The van der Waals surface area contributed by atoms with Gasteiger partial charge in [0, 0.05) is 26.1 Å². The molecule has 2 rings (SSSR count). The maximum atomic E-state index is 9.39. The van der Waals surface area contributed by atoms with Crippen LogP contribution >= 0.6 is 0 Å². The molecule has 0 radical (unpaired) electrons. The maximum absolute atomic E-state index is 9.39. The molecule has 3 nitrogen and oxygen atoms in total. The van der Waals surface area contributed by atoms with Crippen molar-refractivity contribution in [3.05, 3.63) is 0 Å². The van der Waals surface area contributed by atoms with Crippen LogP contribution in [0, 0.1) is 11.8 Å². The van der Waals surface area contributed by atoms with Gasteiger partial charge in [-0.15, -0.1) is 0 Å². The van der Waals surface area contributed by atoms with Gasteiger partial charge in [-0.25, -0.2) is 0 Å². The molecule has 1 heterocycles. The second-order valence-corrected chi connectivity index (χ2v) is 5.51. The highest BCUT2D eigenvalue weighted by Gasteiger charge is 2.24. The van der Waals surface area contributed by atoms with Crippen molar-refractivity contribution in [2.45, 2.75) is 51.4 Å². The first kappa shape index (κ1) is 12.9. The molecule has 1 fully saturated rings. The third-order valence-electron chi connectivity index (χ3n) is 4.24. The predicted molar refractivity (Wildman–Crippen MR) is 71.3 cm³/mol. The molecule has 2 aliphatic rings. The van der Waals surface area contributed by atoms with E-state index in [-0.39, 0.29) is 0 Å². The third kappa shape index (κ3) is 3.98. The van der Waals surface area contributed by atoms with Crippen LogP contribution in [0.4, 0.5) is 0 Å². The normalized spacial score (nSPS) is 30.5. The van der Waals surface area contributed by atoms with Crippen LogP contribution in [0.1, 0.15) is 51.4 Å². The second kappa shape index (κ2) is 7.00. The minimum absolute atomic E-state index is 0.360. The zero-order chi connectivity index (χ0) is 11.9. The van der Waals surface area contributed by atoms with E-state index in [1.165, 1.54) is 50.8 Å². The number of aliphatic imine (C=N–C) groups is 1. The van der Waals surface area contributed by atoms with Crippen molar-refractivity contribution in [2.75, 3.05) is 19.7 Å². The summed E-state index contributed by atoms with van der Waals surface area (Å²) in [6.45, 7) is 2.37. The van der Waals surface area contributed by atoms with Crippen LogP contribution in [-0.4, -0.2) is 30.6 Å². The Kier molecular flexibility index (Phi) is 5.30. The Balaban J connectivity index is 1.77. The van der Waals surface area contributed by atoms with Gasteiger partial charge in [-0.3, -0.25) is 4.99 Å². The monoisotopic (exact) mass is 238 g/mol. The SMILES string of the molecule is OCC1CCCCC1CNC1=NCCCCC1. The lowest BCUT2D eigenvalue weighted by Gasteiger charge is -2.30. The van der Waals surface area contributed by atoms with Gasteiger partial charge in [0.2, 0.25) is 0 Å². The number of aliphatic hydroxyl groups is 1. The fraction of sp³-hybridized carbons (Fsp3) is 0.929. The van der Waals surface area contributed by atoms with E-state index in [0.29, 0.717) is 18.4 Å². The summed E-state index contributed by atoms with van der Waals surface area (Å²) in [5.74, 6) is 2.38. The van der Waals surface area contributed by atoms with Gasteiger partial charge in [0.05, 0.1) is 5.84 Å². The highest BCUT2D eigenvalue weighted by atomic mass is 16.3. The first-order valence-electron chi connectivity index (χ1n) is 7.28. The minimum atomic E-state index is 0.360. The lowest BCUT2D eigenvalue weighted by Crippen LogP contribution is -2.35. The first-order valence-corrected chi connectivity index (χ1v) is 7.28. The van der Waals surface area contributed by atoms with Crippen molar-refractivity contribution in [3.8, 4) is 0 Å². The summed E-state index contributed by atoms with van der Waals surface area (Å²) in [4.78, 5) is 4.60. The molecule has 2 N–H and O–H groups in total. The van der Waals surface area contributed by atoms with Crippen LogP contribution in [0.3, 0.4) is 0 Å². The molecule has 98 valence electrons. The van der Waals surface area contributed by atoms with Crippen molar-refractivity contribution in [3.63, 3.8) is 0 Å². The van der Waals surface area contributed by atoms with E-state index in [1.54, 1.807) is 0 Å². The van der Waals surface area contributed by atoms with E-state index in [0.717, 1.165) is 19.5 Å². The molecule has 2 atom stereocenters. The molecule has 0 aromatic rings. The minimum Gasteiger partial charge on any atom is -0.396 e. The van der Waals surface area contributed by atoms with Crippen LogP contribution < -0.4 is 5.32 Å². The molecule has 1 aliphatic carbocycles. The van der Waals surface area contributed by atoms with Gasteiger partial charge in [0.25, 0.3) is 0 Å². The molecule has 3 heteroatoms. The molecule has 0 bridgehead atoms. The number of aliphatic hydroxyl groups excluding tert-OH is 1. The molecular weight excluding hydrogens is 212 g/mol. The van der Waals surface area contributed by atoms with E-state index < -0.39 is 0 Å². The number of hydrogen-bond donors (Lipinski definition) is 2. The Labute approximate surface area is 105 Å². The van der Waals surface area contributed by atoms with Crippen molar-refractivity contribution < 1.29 is 5.11 Å². The third-order valence-corrected chi connectivity index (χ3v) is 4.24. The van der Waals surface area contributed by atoms with Crippen LogP contribution in [0.25, 0.3) is 0 Å². The Morgan fingerprint density at radius 3 is 2.71 bits per heavy atom. The van der Waals surface area contributed by atoms with Crippen molar-refractivity contribution >= 4 is 5.84 Å². The maximum Gasteiger partial charge on any atom is 0.0963 e. The largest absolute Gasteiger partial charge is 0.396 e. The van der Waals surface area contributed by atoms with Crippen LogP contribution in [-0.2, 0) is 0 Å². The molecular formula is C14H26N2O. The summed E-state index contributed by atoms with van der Waals surface area (Å²) in [5.41, 5.74) is 0. The molecule has 2 unspecified atom stereocenters. The topological polar surface area (TPSA) is 44.6 Å². The molecule has 17 heavy (non-hydrogen) atoms. The molecule has 1 aliphatic heterocycles. The standard InChI is InChI=1S/C14H26N2O/c17-11-13-7-4-3-6-12(13)10-16-14-8-2-1-5-9-15-14/h12-13,17H,1-11H2,(H,15,16). The van der Waals surface area contributed by atoms with Crippen molar-refractivity contribution in [2.24, 2.45) is 16.8 Å². The number of nitrogens with zero attached hydrogens (tertiary/aromatic N) is 1. The highest BCUT2D eigenvalue weighted by molar-refractivity contribution is 5.82. The van der Waals surface area contributed by atoms with Crippen LogP contribution in [0.5, 0.6) is 0 Å². The van der Waals surface area contributed by atoms with E-state index in [9.17, 15) is 5.11 Å². The van der Waals surface area contributed by atoms with Gasteiger partial charge >= 0.3 is 0 Å². The van der Waals surface area contributed by atoms with E-state index in [2.05, 4.69) is 10.3 Å². The quantitative estimate of drug-likeness (QED) is 0.792. The lowest BCUT2D eigenvalue weighted by atomic mass is 9.79. The summed E-state index contributed by atoms with van der Waals surface area (Å²) < 4.78 is 0. The lowest BCUT2D eigenvalue weighted by molar-refractivity contribution is 0.136. The van der Waals surface area contributed by atoms with Crippen LogP contribution in [0.15, 0.2) is 4.99 Å². The predicted octanol–water partition coefficient (Wildman–Crippen LogP) is 2.35. The Morgan fingerprint density at radius 1 is 1.06 bits per heavy atom. The summed E-state index contributed by atoms with van der Waals surface area (Å²) >= 11 is 0. The van der Waals surface area contributed by atoms with Gasteiger partial charge in [0.15, 0.2) is 0 Å². The summed E-state index contributed by atoms with van der Waals surface area (Å²) in [5, 5.41) is 12.9. The summed E-state index contributed by atoms with van der Waals surface area (Å²) in [7, 11) is 0. The Morgan fingerprint density at radius 2 is 1.88 bits per heavy atom. The Bertz CT molecular complexity index is 253. The zero-order valence-corrected chi connectivity index (χ0v) is 10.8. The molecule has 0 aromatic heterocycles. The zero-order valence-electron chi connectivity index (χ0n) is 10.8. The fourth-order valence-corrected chi connectivity index (χ4v) is 3.06. The van der Waals surface area contributed by atoms with Crippen molar-refractivity contribution in [1.82, 2.24) is 5.32 Å². The number of rotatable bonds is 3. The average Bonchev–Trinajstić information content (AvgIpc) is 2.65. The highest BCUT2D eigenvalue weighted by Crippen LogP contribution is 2.29. The Hall–Kier alpha value is -0.570. The summed E-state index contributed by atoms with van der Waals surface area (Å²) in [6, 6.07) is 0. The molecule has 0 saturated heterocycles. The van der Waals surface area contributed by atoms with E-state index in [1.807, 2.05) is 0 Å². The van der Waals surface area contributed by atoms with Gasteiger partial charge in [0.1, 0.15) is 0 Å². The van der Waals surface area contributed by atoms with E-state index >= 15 is 0 Å². The van der Waals surface area contributed by atoms with Gasteiger partial charge in [-0.1, -0.05) is 19.3 Å². The van der Waals surface area contributed by atoms with Gasteiger partial charge < -0.3 is 10.4 Å². The van der Waals surface area contributed by atoms with Gasteiger partial charge in [-0.2, -0.15) is 0 Å². The average molecular weight is 238 g/mol. The van der Waals surface area contributed by atoms with E-state index in [4.69, 9.17) is 0 Å². The second-order valence-electron chi connectivity index (χ2n) is 5.51. The molecule has 1 saturated carbocycles. The molecule has 0 spiro atoms. The smallest absolute Gasteiger partial charge is 0.0963 e. The first-order chi connectivity index (χ1) is 8.40. The fourth-order valence-electron chi connectivity index (χ4n) is 3.06. The number of nitrogens with one attached hydrogen (secondary N) is 1. The molecule has 0 aromatic carbocycles. The number of amidine groups is 1. The van der Waals surface area contributed by atoms with Gasteiger partial charge in [-0.05, 0) is 37.5 Å². The number of hydrogen-bond acceptors (Lipinski definition) is 3. The molecule has 0 amide bonds.